The second kappa shape index (κ2) is 5.60. The average Bonchev–Trinajstić information content (AvgIpc) is 2.99. The van der Waals surface area contributed by atoms with E-state index >= 15 is 0 Å². The standard InChI is InChI=1S/C11H13N3O2S/c1-16-11(15)10-3-2-8(14-10)4-12-5-9-6-17-7-13-9/h2-3,6-7,12,14H,4-5H2,1H3. The number of hydrogen-bond donors (Lipinski definition) is 2. The number of ether oxygens (including phenoxy) is 1. The zero-order valence-corrected chi connectivity index (χ0v) is 10.2. The molecule has 2 rings (SSSR count). The molecule has 90 valence electrons. The monoisotopic (exact) mass is 251 g/mol. The number of carbonyl (C=O) groups excluding carboxylic acids is 1. The van der Waals surface area contributed by atoms with E-state index in [-0.39, 0.29) is 5.97 Å². The molecular weight excluding hydrogens is 238 g/mol. The molecule has 0 amide bonds. The highest BCUT2D eigenvalue weighted by Gasteiger charge is 2.07. The number of aromatic amines is 1. The predicted molar refractivity (Wildman–Crippen MR) is 64.8 cm³/mol. The van der Waals surface area contributed by atoms with Gasteiger partial charge >= 0.3 is 5.97 Å². The van der Waals surface area contributed by atoms with E-state index in [0.717, 1.165) is 17.9 Å². The summed E-state index contributed by atoms with van der Waals surface area (Å²) in [7, 11) is 1.36. The van der Waals surface area contributed by atoms with Crippen LogP contribution in [0.5, 0.6) is 0 Å². The lowest BCUT2D eigenvalue weighted by molar-refractivity contribution is 0.0594. The van der Waals surface area contributed by atoms with Gasteiger partial charge in [-0.25, -0.2) is 9.78 Å². The maximum Gasteiger partial charge on any atom is 0.354 e. The summed E-state index contributed by atoms with van der Waals surface area (Å²) in [6.07, 6.45) is 0. The highest BCUT2D eigenvalue weighted by molar-refractivity contribution is 7.07. The van der Waals surface area contributed by atoms with Gasteiger partial charge < -0.3 is 15.0 Å². The average molecular weight is 251 g/mol. The lowest BCUT2D eigenvalue weighted by atomic mass is 10.4. The normalized spacial score (nSPS) is 10.4. The summed E-state index contributed by atoms with van der Waals surface area (Å²) in [5.41, 5.74) is 4.24. The molecule has 0 aliphatic carbocycles. The molecule has 0 aromatic carbocycles. The van der Waals surface area contributed by atoms with Crippen molar-refractivity contribution in [3.05, 3.63) is 40.1 Å². The van der Waals surface area contributed by atoms with E-state index in [4.69, 9.17) is 0 Å². The zero-order chi connectivity index (χ0) is 12.1. The maximum atomic E-state index is 11.2. The highest BCUT2D eigenvalue weighted by Crippen LogP contribution is 2.04. The minimum Gasteiger partial charge on any atom is -0.464 e. The first-order valence-corrected chi connectivity index (χ1v) is 6.08. The van der Waals surface area contributed by atoms with Crippen molar-refractivity contribution in [2.45, 2.75) is 13.1 Å². The van der Waals surface area contributed by atoms with Crippen LogP contribution >= 0.6 is 11.3 Å². The van der Waals surface area contributed by atoms with Crippen LogP contribution in [0.2, 0.25) is 0 Å². The van der Waals surface area contributed by atoms with Crippen LogP contribution in [0.3, 0.4) is 0 Å². The molecular formula is C11H13N3O2S. The summed E-state index contributed by atoms with van der Waals surface area (Å²) in [5, 5.41) is 5.24. The van der Waals surface area contributed by atoms with Gasteiger partial charge in [-0.3, -0.25) is 0 Å². The first-order valence-electron chi connectivity index (χ1n) is 5.13. The van der Waals surface area contributed by atoms with E-state index < -0.39 is 0 Å². The zero-order valence-electron chi connectivity index (χ0n) is 9.40. The quantitative estimate of drug-likeness (QED) is 0.791. The summed E-state index contributed by atoms with van der Waals surface area (Å²) in [5.74, 6) is -0.351. The Bertz CT molecular complexity index is 479. The number of nitrogens with zero attached hydrogens (tertiary/aromatic N) is 1. The fraction of sp³-hybridized carbons (Fsp3) is 0.273. The van der Waals surface area contributed by atoms with E-state index in [9.17, 15) is 4.79 Å². The van der Waals surface area contributed by atoms with Crippen molar-refractivity contribution >= 4 is 17.3 Å². The number of thiazole rings is 1. The smallest absolute Gasteiger partial charge is 0.354 e. The third-order valence-electron chi connectivity index (χ3n) is 2.26. The van der Waals surface area contributed by atoms with Crippen LogP contribution in [0, 0.1) is 0 Å². The molecule has 0 bridgehead atoms. The largest absolute Gasteiger partial charge is 0.464 e. The fourth-order valence-electron chi connectivity index (χ4n) is 1.42. The number of esters is 1. The molecule has 0 aliphatic heterocycles. The summed E-state index contributed by atoms with van der Waals surface area (Å²) >= 11 is 1.58. The SMILES string of the molecule is COC(=O)c1ccc(CNCc2cscn2)[nH]1. The maximum absolute atomic E-state index is 11.2. The van der Waals surface area contributed by atoms with Gasteiger partial charge in [-0.05, 0) is 12.1 Å². The van der Waals surface area contributed by atoms with Gasteiger partial charge in [-0.1, -0.05) is 0 Å². The van der Waals surface area contributed by atoms with Crippen LogP contribution < -0.4 is 5.32 Å². The third-order valence-corrected chi connectivity index (χ3v) is 2.89. The summed E-state index contributed by atoms with van der Waals surface area (Å²) in [6.45, 7) is 1.38. The first-order chi connectivity index (χ1) is 8.29. The van der Waals surface area contributed by atoms with Crippen LogP contribution in [0.4, 0.5) is 0 Å². The minimum absolute atomic E-state index is 0.351. The number of carbonyl (C=O) groups is 1. The molecule has 5 nitrogen and oxygen atoms in total. The first kappa shape index (κ1) is 11.8. The molecule has 0 unspecified atom stereocenters. The number of hydrogen-bond acceptors (Lipinski definition) is 5. The number of aromatic nitrogens is 2. The third kappa shape index (κ3) is 3.15. The van der Waals surface area contributed by atoms with Gasteiger partial charge in [0.25, 0.3) is 0 Å². The van der Waals surface area contributed by atoms with Crippen LogP contribution in [-0.4, -0.2) is 23.0 Å². The van der Waals surface area contributed by atoms with Crippen LogP contribution in [0.15, 0.2) is 23.0 Å². The van der Waals surface area contributed by atoms with E-state index in [2.05, 4.69) is 20.0 Å². The van der Waals surface area contributed by atoms with Gasteiger partial charge in [0.15, 0.2) is 0 Å². The second-order valence-electron chi connectivity index (χ2n) is 3.47. The van der Waals surface area contributed by atoms with E-state index in [0.29, 0.717) is 12.2 Å². The van der Waals surface area contributed by atoms with Gasteiger partial charge in [0.1, 0.15) is 5.69 Å². The Morgan fingerprint density at radius 3 is 3.12 bits per heavy atom. The van der Waals surface area contributed by atoms with Crippen molar-refractivity contribution in [3.8, 4) is 0 Å². The number of rotatable bonds is 5. The highest BCUT2D eigenvalue weighted by atomic mass is 32.1. The second-order valence-corrected chi connectivity index (χ2v) is 4.19. The van der Waals surface area contributed by atoms with Crippen LogP contribution in [-0.2, 0) is 17.8 Å². The fourth-order valence-corrected chi connectivity index (χ4v) is 1.98. The number of H-pyrrole nitrogens is 1. The summed E-state index contributed by atoms with van der Waals surface area (Å²) < 4.78 is 4.61. The van der Waals surface area contributed by atoms with Gasteiger partial charge in [0.05, 0.1) is 18.3 Å². The molecule has 0 fully saturated rings. The van der Waals surface area contributed by atoms with Crippen molar-refractivity contribution in [2.24, 2.45) is 0 Å². The molecule has 6 heteroatoms. The minimum atomic E-state index is -0.351. The van der Waals surface area contributed by atoms with Crippen molar-refractivity contribution < 1.29 is 9.53 Å². The lowest BCUT2D eigenvalue weighted by Gasteiger charge is -2.00. The Morgan fingerprint density at radius 2 is 2.41 bits per heavy atom. The van der Waals surface area contributed by atoms with Crippen molar-refractivity contribution in [1.82, 2.24) is 15.3 Å². The molecule has 2 N–H and O–H groups in total. The molecule has 0 saturated heterocycles. The summed E-state index contributed by atoms with van der Waals surface area (Å²) in [6, 6.07) is 3.58. The molecule has 2 aromatic heterocycles. The molecule has 0 spiro atoms. The van der Waals surface area contributed by atoms with Crippen molar-refractivity contribution in [1.29, 1.82) is 0 Å². The Morgan fingerprint density at radius 1 is 1.53 bits per heavy atom. The molecule has 2 heterocycles. The Kier molecular flexibility index (Phi) is 3.89. The Labute approximate surface area is 103 Å². The van der Waals surface area contributed by atoms with Gasteiger partial charge in [-0.2, -0.15) is 0 Å². The molecule has 0 radical (unpaired) electrons. The van der Waals surface area contributed by atoms with Gasteiger partial charge in [-0.15, -0.1) is 11.3 Å². The van der Waals surface area contributed by atoms with Crippen molar-refractivity contribution in [3.63, 3.8) is 0 Å². The van der Waals surface area contributed by atoms with Gasteiger partial charge in [0, 0.05) is 24.2 Å². The van der Waals surface area contributed by atoms with E-state index in [1.54, 1.807) is 22.9 Å². The molecule has 0 atom stereocenters. The molecule has 0 saturated carbocycles. The lowest BCUT2D eigenvalue weighted by Crippen LogP contribution is -2.13. The predicted octanol–water partition coefficient (Wildman–Crippen LogP) is 1.55. The van der Waals surface area contributed by atoms with E-state index in [1.165, 1.54) is 7.11 Å². The molecule has 0 aliphatic rings. The van der Waals surface area contributed by atoms with Crippen LogP contribution in [0.25, 0.3) is 0 Å². The van der Waals surface area contributed by atoms with Gasteiger partial charge in [0.2, 0.25) is 0 Å². The van der Waals surface area contributed by atoms with E-state index in [1.807, 2.05) is 11.4 Å². The Balaban J connectivity index is 1.83. The summed E-state index contributed by atoms with van der Waals surface area (Å²) in [4.78, 5) is 18.4. The molecule has 17 heavy (non-hydrogen) atoms. The topological polar surface area (TPSA) is 67.0 Å². The molecule has 2 aromatic rings. The van der Waals surface area contributed by atoms with Crippen LogP contribution in [0.1, 0.15) is 21.9 Å². The number of methoxy groups -OCH3 is 1. The Hall–Kier alpha value is -1.66. The number of nitrogens with one attached hydrogen (secondary N) is 2. The van der Waals surface area contributed by atoms with Crippen molar-refractivity contribution in [2.75, 3.05) is 7.11 Å².